The van der Waals surface area contributed by atoms with Gasteiger partial charge in [-0.05, 0) is 18.6 Å². The number of nitrogens with one attached hydrogen (secondary N) is 1. The molecule has 2 aromatic rings. The quantitative estimate of drug-likeness (QED) is 0.875. The van der Waals surface area contributed by atoms with Crippen molar-refractivity contribution >= 4 is 17.8 Å². The first-order valence-electron chi connectivity index (χ1n) is 8.84. The van der Waals surface area contributed by atoms with Gasteiger partial charge in [0.15, 0.2) is 0 Å². The van der Waals surface area contributed by atoms with Crippen molar-refractivity contribution in [3.63, 3.8) is 0 Å². The molecule has 0 aliphatic carbocycles. The molecule has 8 nitrogen and oxygen atoms in total. The van der Waals surface area contributed by atoms with Crippen LogP contribution in [0.3, 0.4) is 0 Å². The Balaban J connectivity index is 1.70. The van der Waals surface area contributed by atoms with Gasteiger partial charge in [-0.2, -0.15) is 15.0 Å². The molecule has 8 heteroatoms. The molecule has 0 spiro atoms. The number of anilines is 2. The molecule has 26 heavy (non-hydrogen) atoms. The lowest BCUT2D eigenvalue weighted by molar-refractivity contribution is 0.0786. The third-order valence-corrected chi connectivity index (χ3v) is 4.25. The zero-order chi connectivity index (χ0) is 18.7. The Hall–Kier alpha value is -2.77. The predicted molar refractivity (Wildman–Crippen MR) is 100 cm³/mol. The molecule has 0 bridgehead atoms. The lowest BCUT2D eigenvalue weighted by atomic mass is 10.2. The molecule has 1 unspecified atom stereocenters. The number of hydrogen-bond donors (Lipinski definition) is 1. The Kier molecular flexibility index (Phi) is 5.29. The van der Waals surface area contributed by atoms with Gasteiger partial charge in [0, 0.05) is 45.3 Å². The maximum Gasteiger partial charge on any atom is 0.272 e. The fourth-order valence-electron chi connectivity index (χ4n) is 2.80. The van der Waals surface area contributed by atoms with Gasteiger partial charge in [0.05, 0.1) is 0 Å². The average Bonchev–Trinajstić information content (AvgIpc) is 3.09. The zero-order valence-corrected chi connectivity index (χ0v) is 15.7. The van der Waals surface area contributed by atoms with Crippen LogP contribution < -0.4 is 10.2 Å². The summed E-state index contributed by atoms with van der Waals surface area (Å²) in [5.74, 6) is 2.12. The van der Waals surface area contributed by atoms with E-state index in [1.165, 1.54) is 0 Å². The molecule has 1 saturated heterocycles. The number of nitrogens with zero attached hydrogens (tertiary/aromatic N) is 6. The molecule has 1 amide bonds. The summed E-state index contributed by atoms with van der Waals surface area (Å²) in [6, 6.07) is 5.49. The van der Waals surface area contributed by atoms with Crippen LogP contribution in [0.4, 0.5) is 11.9 Å². The molecule has 1 aliphatic rings. The summed E-state index contributed by atoms with van der Waals surface area (Å²) >= 11 is 0. The molecule has 2 aromatic heterocycles. The standard InChI is InChI=1S/C18H25N7O/c1-12(2)15-21-17(23-18(22-15)24(3)4)20-13-8-10-25(11-13)16(26)14-7-5-6-9-19-14/h5-7,9,12-13H,8,10-11H2,1-4H3,(H,20,21,22,23). The van der Waals surface area contributed by atoms with Gasteiger partial charge in [0.25, 0.3) is 5.91 Å². The Morgan fingerprint density at radius 1 is 1.27 bits per heavy atom. The second kappa shape index (κ2) is 7.63. The maximum absolute atomic E-state index is 12.5. The highest BCUT2D eigenvalue weighted by Gasteiger charge is 2.28. The van der Waals surface area contributed by atoms with Crippen molar-refractivity contribution in [2.45, 2.75) is 32.2 Å². The largest absolute Gasteiger partial charge is 0.349 e. The number of likely N-dealkylation sites (tertiary alicyclic amines) is 1. The Bertz CT molecular complexity index is 737. The summed E-state index contributed by atoms with van der Waals surface area (Å²) in [4.78, 5) is 33.8. The second-order valence-corrected chi connectivity index (χ2v) is 6.96. The van der Waals surface area contributed by atoms with Gasteiger partial charge in [-0.1, -0.05) is 19.9 Å². The molecule has 1 N–H and O–H groups in total. The average molecular weight is 355 g/mol. The van der Waals surface area contributed by atoms with Crippen molar-refractivity contribution in [3.8, 4) is 0 Å². The van der Waals surface area contributed by atoms with Crippen LogP contribution in [0, 0.1) is 0 Å². The molecule has 0 radical (unpaired) electrons. The summed E-state index contributed by atoms with van der Waals surface area (Å²) < 4.78 is 0. The van der Waals surface area contributed by atoms with Gasteiger partial charge in [0.2, 0.25) is 11.9 Å². The van der Waals surface area contributed by atoms with Gasteiger partial charge in [-0.15, -0.1) is 0 Å². The number of carbonyl (C=O) groups is 1. The normalized spacial score (nSPS) is 16.8. The first-order valence-corrected chi connectivity index (χ1v) is 8.84. The topological polar surface area (TPSA) is 87.1 Å². The van der Waals surface area contributed by atoms with E-state index in [1.54, 1.807) is 18.3 Å². The fraction of sp³-hybridized carbons (Fsp3) is 0.500. The smallest absolute Gasteiger partial charge is 0.272 e. The van der Waals surface area contributed by atoms with Crippen molar-refractivity contribution in [2.24, 2.45) is 0 Å². The van der Waals surface area contributed by atoms with Gasteiger partial charge in [-0.25, -0.2) is 0 Å². The first kappa shape index (κ1) is 18.0. The zero-order valence-electron chi connectivity index (χ0n) is 15.7. The molecule has 3 rings (SSSR count). The molecule has 3 heterocycles. The second-order valence-electron chi connectivity index (χ2n) is 6.96. The number of rotatable bonds is 5. The molecule has 138 valence electrons. The van der Waals surface area contributed by atoms with E-state index in [2.05, 4.69) is 39.1 Å². The van der Waals surface area contributed by atoms with E-state index in [4.69, 9.17) is 0 Å². The molecule has 1 fully saturated rings. The number of pyridine rings is 1. The van der Waals surface area contributed by atoms with E-state index < -0.39 is 0 Å². The van der Waals surface area contributed by atoms with Gasteiger partial charge < -0.3 is 15.1 Å². The fourth-order valence-corrected chi connectivity index (χ4v) is 2.80. The third-order valence-electron chi connectivity index (χ3n) is 4.25. The number of hydrogen-bond acceptors (Lipinski definition) is 7. The van der Waals surface area contributed by atoms with Gasteiger partial charge in [0.1, 0.15) is 11.5 Å². The van der Waals surface area contributed by atoms with Gasteiger partial charge >= 0.3 is 0 Å². The summed E-state index contributed by atoms with van der Waals surface area (Å²) in [7, 11) is 3.82. The monoisotopic (exact) mass is 355 g/mol. The van der Waals surface area contributed by atoms with Crippen LogP contribution in [0.5, 0.6) is 0 Å². The Morgan fingerprint density at radius 3 is 2.73 bits per heavy atom. The van der Waals surface area contributed by atoms with E-state index in [0.29, 0.717) is 30.7 Å². The van der Waals surface area contributed by atoms with Crippen LogP contribution >= 0.6 is 0 Å². The minimum absolute atomic E-state index is 0.0394. The van der Waals surface area contributed by atoms with Crippen LogP contribution in [-0.2, 0) is 0 Å². The lowest BCUT2D eigenvalue weighted by Crippen LogP contribution is -2.32. The number of amides is 1. The Morgan fingerprint density at radius 2 is 2.08 bits per heavy atom. The van der Waals surface area contributed by atoms with E-state index in [9.17, 15) is 4.79 Å². The van der Waals surface area contributed by atoms with Crippen molar-refractivity contribution in [3.05, 3.63) is 35.9 Å². The highest BCUT2D eigenvalue weighted by molar-refractivity contribution is 5.92. The van der Waals surface area contributed by atoms with Crippen LogP contribution in [0.25, 0.3) is 0 Å². The van der Waals surface area contributed by atoms with Crippen LogP contribution in [0.1, 0.15) is 42.5 Å². The summed E-state index contributed by atoms with van der Waals surface area (Å²) in [6.45, 7) is 5.41. The van der Waals surface area contributed by atoms with Crippen LogP contribution in [0.2, 0.25) is 0 Å². The van der Waals surface area contributed by atoms with E-state index in [0.717, 1.165) is 12.2 Å². The number of aromatic nitrogens is 4. The van der Waals surface area contributed by atoms with Crippen molar-refractivity contribution in [1.82, 2.24) is 24.8 Å². The number of carbonyl (C=O) groups excluding carboxylic acids is 1. The Labute approximate surface area is 153 Å². The molecular formula is C18H25N7O. The van der Waals surface area contributed by atoms with Crippen molar-refractivity contribution < 1.29 is 4.79 Å². The molecule has 1 aliphatic heterocycles. The lowest BCUT2D eigenvalue weighted by Gasteiger charge is -2.18. The third kappa shape index (κ3) is 4.07. The molecule has 0 aromatic carbocycles. The van der Waals surface area contributed by atoms with E-state index >= 15 is 0 Å². The van der Waals surface area contributed by atoms with E-state index in [1.807, 2.05) is 30.0 Å². The summed E-state index contributed by atoms with van der Waals surface area (Å²) in [5, 5.41) is 3.36. The predicted octanol–water partition coefficient (Wildman–Crippen LogP) is 1.78. The molecule has 0 saturated carbocycles. The van der Waals surface area contributed by atoms with Crippen LogP contribution in [0.15, 0.2) is 24.4 Å². The SMILES string of the molecule is CC(C)c1nc(NC2CCN(C(=O)c3ccccn3)C2)nc(N(C)C)n1. The molecular weight excluding hydrogens is 330 g/mol. The van der Waals surface area contributed by atoms with E-state index in [-0.39, 0.29) is 17.9 Å². The summed E-state index contributed by atoms with van der Waals surface area (Å²) in [6.07, 6.45) is 2.48. The first-order chi connectivity index (χ1) is 12.4. The minimum Gasteiger partial charge on any atom is -0.349 e. The minimum atomic E-state index is -0.0394. The highest BCUT2D eigenvalue weighted by atomic mass is 16.2. The van der Waals surface area contributed by atoms with Crippen molar-refractivity contribution in [1.29, 1.82) is 0 Å². The highest BCUT2D eigenvalue weighted by Crippen LogP contribution is 2.19. The van der Waals surface area contributed by atoms with Crippen molar-refractivity contribution in [2.75, 3.05) is 37.4 Å². The van der Waals surface area contributed by atoms with Crippen LogP contribution in [-0.4, -0.2) is 64.0 Å². The summed E-state index contributed by atoms with van der Waals surface area (Å²) in [5.41, 5.74) is 0.477. The van der Waals surface area contributed by atoms with Gasteiger partial charge in [-0.3, -0.25) is 9.78 Å². The maximum atomic E-state index is 12.5. The molecule has 1 atom stereocenters.